The third-order valence-electron chi connectivity index (χ3n) is 2.22. The second-order valence-corrected chi connectivity index (χ2v) is 3.88. The maximum Gasteiger partial charge on any atom is 0.306 e. The van der Waals surface area contributed by atoms with Crippen LogP contribution in [0.25, 0.3) is 0 Å². The van der Waals surface area contributed by atoms with Crippen molar-refractivity contribution in [3.63, 3.8) is 0 Å². The molecule has 0 aliphatic rings. The fourth-order valence-corrected chi connectivity index (χ4v) is 1.48. The first kappa shape index (κ1) is 12.4. The van der Waals surface area contributed by atoms with Crippen LogP contribution >= 0.6 is 11.6 Å². The number of carboxylic acids is 1. The first-order valence-corrected chi connectivity index (χ1v) is 4.87. The molecule has 1 atom stereocenters. The topological polar surface area (TPSA) is 98.0 Å². The highest BCUT2D eigenvalue weighted by Gasteiger charge is 2.20. The van der Waals surface area contributed by atoms with Crippen LogP contribution in [0.15, 0.2) is 6.07 Å². The Kier molecular flexibility index (Phi) is 3.49. The van der Waals surface area contributed by atoms with E-state index >= 15 is 0 Å². The van der Waals surface area contributed by atoms with Crippen molar-refractivity contribution in [2.75, 3.05) is 0 Å². The van der Waals surface area contributed by atoms with Crippen molar-refractivity contribution in [3.8, 4) is 17.2 Å². The van der Waals surface area contributed by atoms with Crippen molar-refractivity contribution in [2.45, 2.75) is 13.3 Å². The lowest BCUT2D eigenvalue weighted by molar-refractivity contribution is -0.141. The summed E-state index contributed by atoms with van der Waals surface area (Å²) in [6.45, 7) is 1.43. The molecule has 0 saturated carbocycles. The van der Waals surface area contributed by atoms with Gasteiger partial charge in [-0.1, -0.05) is 18.5 Å². The van der Waals surface area contributed by atoms with E-state index in [2.05, 4.69) is 0 Å². The molecular formula is C10H11ClO5. The number of carboxylic acid groups (broad SMARTS) is 1. The third-order valence-corrected chi connectivity index (χ3v) is 2.65. The Balaban J connectivity index is 3.17. The molecule has 1 aromatic carbocycles. The number of hydrogen-bond donors (Lipinski definition) is 4. The number of benzene rings is 1. The molecule has 5 nitrogen and oxygen atoms in total. The van der Waals surface area contributed by atoms with Crippen LogP contribution in [-0.4, -0.2) is 26.4 Å². The molecule has 1 aromatic rings. The molecular weight excluding hydrogens is 236 g/mol. The molecule has 0 saturated heterocycles. The molecule has 1 unspecified atom stereocenters. The number of aliphatic carboxylic acids is 1. The number of rotatable bonds is 3. The van der Waals surface area contributed by atoms with Crippen LogP contribution < -0.4 is 0 Å². The van der Waals surface area contributed by atoms with Crippen LogP contribution in [0, 0.1) is 5.92 Å². The van der Waals surface area contributed by atoms with Gasteiger partial charge in [0.2, 0.25) is 0 Å². The zero-order valence-electron chi connectivity index (χ0n) is 8.44. The highest BCUT2D eigenvalue weighted by Crippen LogP contribution is 2.41. The van der Waals surface area contributed by atoms with E-state index in [0.717, 1.165) is 6.07 Å². The first-order valence-electron chi connectivity index (χ1n) is 4.49. The number of halogens is 1. The molecule has 0 aliphatic carbocycles. The zero-order chi connectivity index (χ0) is 12.5. The van der Waals surface area contributed by atoms with Gasteiger partial charge in [-0.15, -0.1) is 0 Å². The summed E-state index contributed by atoms with van der Waals surface area (Å²) in [5, 5.41) is 36.6. The van der Waals surface area contributed by atoms with Gasteiger partial charge in [0.25, 0.3) is 0 Å². The lowest BCUT2D eigenvalue weighted by Gasteiger charge is -2.12. The van der Waals surface area contributed by atoms with E-state index in [1.807, 2.05) is 0 Å². The molecule has 0 spiro atoms. The number of carbonyl (C=O) groups is 1. The van der Waals surface area contributed by atoms with Crippen LogP contribution in [-0.2, 0) is 11.2 Å². The van der Waals surface area contributed by atoms with Crippen molar-refractivity contribution >= 4 is 17.6 Å². The monoisotopic (exact) mass is 246 g/mol. The summed E-state index contributed by atoms with van der Waals surface area (Å²) < 4.78 is 0. The molecule has 16 heavy (non-hydrogen) atoms. The van der Waals surface area contributed by atoms with Crippen LogP contribution in [0.1, 0.15) is 12.5 Å². The Labute approximate surface area is 96.5 Å². The Bertz CT molecular complexity index is 403. The van der Waals surface area contributed by atoms with Crippen LogP contribution in [0.4, 0.5) is 0 Å². The molecule has 4 N–H and O–H groups in total. The van der Waals surface area contributed by atoms with E-state index in [4.69, 9.17) is 16.7 Å². The van der Waals surface area contributed by atoms with Gasteiger partial charge in [0.05, 0.1) is 10.9 Å². The highest BCUT2D eigenvalue weighted by molar-refractivity contribution is 6.33. The van der Waals surface area contributed by atoms with Crippen molar-refractivity contribution in [2.24, 2.45) is 5.92 Å². The molecule has 6 heteroatoms. The smallest absolute Gasteiger partial charge is 0.306 e. The standard InChI is InChI=1S/C10H11ClO5/c1-4(10(15)16)2-5-8(11)6(12)3-7(13)9(5)14/h3-4,12-14H,2H2,1H3,(H,15,16). The van der Waals surface area contributed by atoms with Gasteiger partial charge >= 0.3 is 5.97 Å². The third kappa shape index (κ3) is 2.30. The Hall–Kier alpha value is -1.62. The van der Waals surface area contributed by atoms with Crippen molar-refractivity contribution in [1.29, 1.82) is 0 Å². The van der Waals surface area contributed by atoms with E-state index in [0.29, 0.717) is 0 Å². The van der Waals surface area contributed by atoms with E-state index in [-0.39, 0.29) is 17.0 Å². The van der Waals surface area contributed by atoms with Crippen LogP contribution in [0.5, 0.6) is 17.2 Å². The Morgan fingerprint density at radius 2 is 1.94 bits per heavy atom. The van der Waals surface area contributed by atoms with Crippen LogP contribution in [0.2, 0.25) is 5.02 Å². The summed E-state index contributed by atoms with van der Waals surface area (Å²) in [4.78, 5) is 10.6. The number of aromatic hydroxyl groups is 3. The Morgan fingerprint density at radius 1 is 1.38 bits per heavy atom. The summed E-state index contributed by atoms with van der Waals surface area (Å²) in [6.07, 6.45) is -0.0814. The lowest BCUT2D eigenvalue weighted by atomic mass is 10.00. The SMILES string of the molecule is CC(Cc1c(O)c(O)cc(O)c1Cl)C(=O)O. The Morgan fingerprint density at radius 3 is 2.44 bits per heavy atom. The number of phenolic OH excluding ortho intramolecular Hbond substituents is 3. The fourth-order valence-electron chi connectivity index (χ4n) is 1.25. The molecule has 0 aromatic heterocycles. The van der Waals surface area contributed by atoms with E-state index < -0.39 is 29.1 Å². The van der Waals surface area contributed by atoms with E-state index in [1.54, 1.807) is 0 Å². The average molecular weight is 247 g/mol. The van der Waals surface area contributed by atoms with E-state index in [1.165, 1.54) is 6.92 Å². The molecule has 1 rings (SSSR count). The molecule has 0 aliphatic heterocycles. The van der Waals surface area contributed by atoms with Gasteiger partial charge in [0.1, 0.15) is 5.75 Å². The minimum Gasteiger partial charge on any atom is -0.506 e. The van der Waals surface area contributed by atoms with Gasteiger partial charge in [-0.05, 0) is 6.42 Å². The highest BCUT2D eigenvalue weighted by atomic mass is 35.5. The predicted octanol–water partition coefficient (Wildman–Crippen LogP) is 1.72. The van der Waals surface area contributed by atoms with E-state index in [9.17, 15) is 20.1 Å². The molecule has 0 bridgehead atoms. The maximum absolute atomic E-state index is 10.6. The van der Waals surface area contributed by atoms with Gasteiger partial charge in [0, 0.05) is 11.6 Å². The number of phenols is 3. The maximum atomic E-state index is 10.6. The first-order chi connectivity index (χ1) is 7.34. The van der Waals surface area contributed by atoms with Gasteiger partial charge in [-0.2, -0.15) is 0 Å². The molecule has 0 radical (unpaired) electrons. The quantitative estimate of drug-likeness (QED) is 0.481. The van der Waals surface area contributed by atoms with Gasteiger partial charge in [-0.3, -0.25) is 4.79 Å². The molecule has 0 fully saturated rings. The molecule has 88 valence electrons. The number of hydrogen-bond acceptors (Lipinski definition) is 4. The largest absolute Gasteiger partial charge is 0.506 e. The molecule has 0 heterocycles. The minimum atomic E-state index is -1.06. The minimum absolute atomic E-state index is 0.0223. The molecule has 0 amide bonds. The summed E-state index contributed by atoms with van der Waals surface area (Å²) in [5.74, 6) is -3.28. The lowest BCUT2D eigenvalue weighted by Crippen LogP contribution is -2.12. The van der Waals surface area contributed by atoms with Gasteiger partial charge < -0.3 is 20.4 Å². The summed E-state index contributed by atoms with van der Waals surface area (Å²) in [5.41, 5.74) is 0.0223. The summed E-state index contributed by atoms with van der Waals surface area (Å²) in [7, 11) is 0. The predicted molar refractivity (Wildman–Crippen MR) is 57.0 cm³/mol. The van der Waals surface area contributed by atoms with Crippen LogP contribution in [0.3, 0.4) is 0 Å². The second kappa shape index (κ2) is 4.49. The zero-order valence-corrected chi connectivity index (χ0v) is 9.19. The second-order valence-electron chi connectivity index (χ2n) is 3.50. The summed E-state index contributed by atoms with van der Waals surface area (Å²) >= 11 is 5.71. The van der Waals surface area contributed by atoms with Crippen molar-refractivity contribution in [3.05, 3.63) is 16.7 Å². The van der Waals surface area contributed by atoms with Crippen molar-refractivity contribution < 1.29 is 25.2 Å². The van der Waals surface area contributed by atoms with Crippen molar-refractivity contribution in [1.82, 2.24) is 0 Å². The van der Waals surface area contributed by atoms with Gasteiger partial charge in [0.15, 0.2) is 11.5 Å². The average Bonchev–Trinajstić information content (AvgIpc) is 2.21. The van der Waals surface area contributed by atoms with Gasteiger partial charge in [-0.25, -0.2) is 0 Å². The fraction of sp³-hybridized carbons (Fsp3) is 0.300. The summed E-state index contributed by atoms with van der Waals surface area (Å²) in [6, 6.07) is 0.895. The normalized spacial score (nSPS) is 12.4.